The van der Waals surface area contributed by atoms with E-state index in [1.54, 1.807) is 28.4 Å². The molecule has 0 spiro atoms. The summed E-state index contributed by atoms with van der Waals surface area (Å²) in [5, 5.41) is 15.3. The van der Waals surface area contributed by atoms with Crippen molar-refractivity contribution in [3.8, 4) is 0 Å². The van der Waals surface area contributed by atoms with Crippen LogP contribution in [0.25, 0.3) is 0 Å². The van der Waals surface area contributed by atoms with Crippen LogP contribution in [0.1, 0.15) is 15.9 Å². The van der Waals surface area contributed by atoms with Crippen LogP contribution >= 0.6 is 11.3 Å². The molecular formula is C16H17N3O3S. The maximum absolute atomic E-state index is 12.6. The van der Waals surface area contributed by atoms with Crippen LogP contribution in [0.5, 0.6) is 0 Å². The molecule has 0 saturated carbocycles. The molecule has 0 aliphatic carbocycles. The van der Waals surface area contributed by atoms with Crippen molar-refractivity contribution in [2.75, 3.05) is 26.2 Å². The van der Waals surface area contributed by atoms with E-state index in [0.717, 1.165) is 19.6 Å². The largest absolute Gasteiger partial charge is 0.336 e. The number of carbonyl (C=O) groups excluding carboxylic acids is 1. The van der Waals surface area contributed by atoms with E-state index in [1.165, 1.54) is 17.7 Å². The fraction of sp³-hybridized carbons (Fsp3) is 0.312. The van der Waals surface area contributed by atoms with Crippen LogP contribution < -0.4 is 0 Å². The number of benzene rings is 1. The van der Waals surface area contributed by atoms with Gasteiger partial charge in [0.25, 0.3) is 11.6 Å². The number of nitrogens with zero attached hydrogens (tertiary/aromatic N) is 3. The molecule has 0 N–H and O–H groups in total. The Morgan fingerprint density at radius 1 is 1.17 bits per heavy atom. The van der Waals surface area contributed by atoms with Gasteiger partial charge in [-0.25, -0.2) is 0 Å². The average Bonchev–Trinajstić information content (AvgIpc) is 3.08. The predicted molar refractivity (Wildman–Crippen MR) is 88.6 cm³/mol. The number of nitro benzene ring substituents is 1. The monoisotopic (exact) mass is 331 g/mol. The Morgan fingerprint density at radius 3 is 2.57 bits per heavy atom. The smallest absolute Gasteiger partial charge is 0.282 e. The lowest BCUT2D eigenvalue weighted by molar-refractivity contribution is -0.385. The van der Waals surface area contributed by atoms with Crippen molar-refractivity contribution in [2.24, 2.45) is 0 Å². The lowest BCUT2D eigenvalue weighted by atomic mass is 10.1. The molecule has 1 fully saturated rings. The van der Waals surface area contributed by atoms with Gasteiger partial charge in [0.2, 0.25) is 0 Å². The molecule has 1 aromatic heterocycles. The Labute approximate surface area is 138 Å². The first-order valence-electron chi connectivity index (χ1n) is 7.41. The zero-order chi connectivity index (χ0) is 16.2. The summed E-state index contributed by atoms with van der Waals surface area (Å²) in [5.41, 5.74) is 1.33. The number of hydrogen-bond donors (Lipinski definition) is 0. The number of amides is 1. The molecule has 0 radical (unpaired) electrons. The van der Waals surface area contributed by atoms with Crippen molar-refractivity contribution in [1.82, 2.24) is 9.80 Å². The SMILES string of the molecule is O=C(c1ccccc1[N+](=O)[O-])N1CCN(Cc2ccsc2)CC1. The second-order valence-corrected chi connectivity index (χ2v) is 6.25. The van der Waals surface area contributed by atoms with E-state index in [0.29, 0.717) is 13.1 Å². The van der Waals surface area contributed by atoms with Crippen LogP contribution in [-0.4, -0.2) is 46.8 Å². The van der Waals surface area contributed by atoms with E-state index >= 15 is 0 Å². The average molecular weight is 331 g/mol. The third-order valence-electron chi connectivity index (χ3n) is 3.98. The first kappa shape index (κ1) is 15.6. The molecule has 7 heteroatoms. The molecule has 2 heterocycles. The van der Waals surface area contributed by atoms with Gasteiger partial charge in [0, 0.05) is 38.8 Å². The van der Waals surface area contributed by atoms with E-state index in [9.17, 15) is 14.9 Å². The van der Waals surface area contributed by atoms with Crippen molar-refractivity contribution in [3.05, 3.63) is 62.3 Å². The summed E-state index contributed by atoms with van der Waals surface area (Å²) in [7, 11) is 0. The number of piperazine rings is 1. The summed E-state index contributed by atoms with van der Waals surface area (Å²) in [4.78, 5) is 27.1. The Kier molecular flexibility index (Phi) is 4.68. The van der Waals surface area contributed by atoms with Gasteiger partial charge in [-0.05, 0) is 28.5 Å². The van der Waals surface area contributed by atoms with E-state index in [1.807, 2.05) is 0 Å². The van der Waals surface area contributed by atoms with E-state index in [-0.39, 0.29) is 17.2 Å². The number of hydrogen-bond acceptors (Lipinski definition) is 5. The minimum Gasteiger partial charge on any atom is -0.336 e. The molecule has 1 aliphatic rings. The number of nitro groups is 1. The van der Waals surface area contributed by atoms with Crippen LogP contribution in [0.4, 0.5) is 5.69 Å². The number of thiophene rings is 1. The molecule has 0 unspecified atom stereocenters. The molecule has 0 bridgehead atoms. The van der Waals surface area contributed by atoms with Crippen LogP contribution in [0, 0.1) is 10.1 Å². The summed E-state index contributed by atoms with van der Waals surface area (Å²) in [6.07, 6.45) is 0. The molecule has 0 atom stereocenters. The molecule has 1 amide bonds. The molecule has 3 rings (SSSR count). The molecular weight excluding hydrogens is 314 g/mol. The van der Waals surface area contributed by atoms with Gasteiger partial charge in [-0.15, -0.1) is 0 Å². The fourth-order valence-corrected chi connectivity index (χ4v) is 3.39. The number of para-hydroxylation sites is 1. The van der Waals surface area contributed by atoms with E-state index in [4.69, 9.17) is 0 Å². The Bertz CT molecular complexity index is 694. The van der Waals surface area contributed by atoms with E-state index < -0.39 is 4.92 Å². The minimum absolute atomic E-state index is 0.127. The highest BCUT2D eigenvalue weighted by Crippen LogP contribution is 2.20. The van der Waals surface area contributed by atoms with Gasteiger partial charge in [0.15, 0.2) is 0 Å². The molecule has 1 aromatic carbocycles. The molecule has 23 heavy (non-hydrogen) atoms. The van der Waals surface area contributed by atoms with Crippen molar-refractivity contribution < 1.29 is 9.72 Å². The van der Waals surface area contributed by atoms with Gasteiger partial charge in [-0.1, -0.05) is 12.1 Å². The predicted octanol–water partition coefficient (Wildman–Crippen LogP) is 2.61. The summed E-state index contributed by atoms with van der Waals surface area (Å²) in [6, 6.07) is 8.24. The van der Waals surface area contributed by atoms with Gasteiger partial charge in [0.1, 0.15) is 5.56 Å². The minimum atomic E-state index is -0.500. The number of rotatable bonds is 4. The Hall–Kier alpha value is -2.25. The topological polar surface area (TPSA) is 66.7 Å². The van der Waals surface area contributed by atoms with Gasteiger partial charge in [0.05, 0.1) is 4.92 Å². The second-order valence-electron chi connectivity index (χ2n) is 5.47. The van der Waals surface area contributed by atoms with Crippen LogP contribution in [0.3, 0.4) is 0 Å². The van der Waals surface area contributed by atoms with Crippen molar-refractivity contribution in [2.45, 2.75) is 6.54 Å². The summed E-state index contributed by atoms with van der Waals surface area (Å²) in [5.74, 6) is -0.257. The van der Waals surface area contributed by atoms with E-state index in [2.05, 4.69) is 21.7 Å². The quantitative estimate of drug-likeness (QED) is 0.638. The van der Waals surface area contributed by atoms with Crippen LogP contribution in [0.2, 0.25) is 0 Å². The van der Waals surface area contributed by atoms with Crippen molar-refractivity contribution in [1.29, 1.82) is 0 Å². The van der Waals surface area contributed by atoms with Crippen LogP contribution in [-0.2, 0) is 6.54 Å². The fourth-order valence-electron chi connectivity index (χ4n) is 2.73. The second kappa shape index (κ2) is 6.89. The molecule has 120 valence electrons. The highest BCUT2D eigenvalue weighted by atomic mass is 32.1. The normalized spacial score (nSPS) is 15.6. The third kappa shape index (κ3) is 3.57. The molecule has 1 aliphatic heterocycles. The number of carbonyl (C=O) groups is 1. The summed E-state index contributed by atoms with van der Waals surface area (Å²) in [6.45, 7) is 3.63. The highest BCUT2D eigenvalue weighted by Gasteiger charge is 2.27. The summed E-state index contributed by atoms with van der Waals surface area (Å²) < 4.78 is 0. The maximum atomic E-state index is 12.6. The lowest BCUT2D eigenvalue weighted by Gasteiger charge is -2.34. The van der Waals surface area contributed by atoms with Gasteiger partial charge in [-0.2, -0.15) is 11.3 Å². The zero-order valence-corrected chi connectivity index (χ0v) is 13.4. The van der Waals surface area contributed by atoms with Crippen molar-refractivity contribution >= 4 is 22.9 Å². The maximum Gasteiger partial charge on any atom is 0.282 e. The van der Waals surface area contributed by atoms with Gasteiger partial charge >= 0.3 is 0 Å². The zero-order valence-electron chi connectivity index (χ0n) is 12.6. The Morgan fingerprint density at radius 2 is 1.91 bits per heavy atom. The summed E-state index contributed by atoms with van der Waals surface area (Å²) >= 11 is 1.68. The molecule has 1 saturated heterocycles. The lowest BCUT2D eigenvalue weighted by Crippen LogP contribution is -2.48. The first-order chi connectivity index (χ1) is 11.1. The first-order valence-corrected chi connectivity index (χ1v) is 8.35. The van der Waals surface area contributed by atoms with Crippen molar-refractivity contribution in [3.63, 3.8) is 0 Å². The van der Waals surface area contributed by atoms with Gasteiger partial charge in [-0.3, -0.25) is 19.8 Å². The Balaban J connectivity index is 1.63. The third-order valence-corrected chi connectivity index (χ3v) is 4.71. The molecule has 6 nitrogen and oxygen atoms in total. The molecule has 2 aromatic rings. The van der Waals surface area contributed by atoms with Gasteiger partial charge < -0.3 is 4.90 Å². The van der Waals surface area contributed by atoms with Crippen LogP contribution in [0.15, 0.2) is 41.1 Å². The highest BCUT2D eigenvalue weighted by molar-refractivity contribution is 7.07. The standard InChI is InChI=1S/C16H17N3O3S/c20-16(14-3-1-2-4-15(14)19(21)22)18-8-6-17(7-9-18)11-13-5-10-23-12-13/h1-5,10,12H,6-9,11H2.